The van der Waals surface area contributed by atoms with Crippen LogP contribution in [-0.2, 0) is 12.1 Å². The van der Waals surface area contributed by atoms with Gasteiger partial charge in [0.05, 0.1) is 11.7 Å². The molecule has 20 heavy (non-hydrogen) atoms. The summed E-state index contributed by atoms with van der Waals surface area (Å²) in [6.45, 7) is 5.04. The van der Waals surface area contributed by atoms with Gasteiger partial charge < -0.3 is 5.73 Å². The highest BCUT2D eigenvalue weighted by atomic mass is 15.4. The molecule has 0 aromatic carbocycles. The second kappa shape index (κ2) is 4.06. The van der Waals surface area contributed by atoms with Crippen LogP contribution in [0.1, 0.15) is 58.1 Å². The van der Waals surface area contributed by atoms with Crippen LogP contribution in [0.2, 0.25) is 0 Å². The van der Waals surface area contributed by atoms with E-state index in [2.05, 4.69) is 21.2 Å². The lowest BCUT2D eigenvalue weighted by atomic mass is 9.49. The quantitative estimate of drug-likeness (QED) is 0.922. The first-order chi connectivity index (χ1) is 9.42. The van der Waals surface area contributed by atoms with E-state index in [-0.39, 0.29) is 5.54 Å². The summed E-state index contributed by atoms with van der Waals surface area (Å²) in [7, 11) is 0. The van der Waals surface area contributed by atoms with Crippen molar-refractivity contribution in [1.29, 1.82) is 0 Å². The summed E-state index contributed by atoms with van der Waals surface area (Å²) in [4.78, 5) is 0. The molecule has 0 atom stereocenters. The van der Waals surface area contributed by atoms with Gasteiger partial charge in [-0.3, -0.25) is 4.68 Å². The van der Waals surface area contributed by atoms with Crippen LogP contribution in [0.5, 0.6) is 0 Å². The number of nitrogens with zero attached hydrogens (tertiary/aromatic N) is 3. The molecule has 4 fully saturated rings. The van der Waals surface area contributed by atoms with E-state index in [9.17, 15) is 0 Å². The molecule has 1 aromatic heterocycles. The van der Waals surface area contributed by atoms with E-state index in [0.29, 0.717) is 5.41 Å². The van der Waals surface area contributed by atoms with Crippen molar-refractivity contribution in [3.63, 3.8) is 0 Å². The molecular weight excluding hydrogens is 248 g/mol. The molecule has 4 bridgehead atoms. The second-order valence-corrected chi connectivity index (χ2v) is 8.44. The molecule has 0 aliphatic heterocycles. The molecule has 0 unspecified atom stereocenters. The van der Waals surface area contributed by atoms with Crippen LogP contribution in [-0.4, -0.2) is 15.0 Å². The minimum absolute atomic E-state index is 0.389. The van der Waals surface area contributed by atoms with Gasteiger partial charge in [-0.05, 0) is 75.5 Å². The number of rotatable bonds is 3. The van der Waals surface area contributed by atoms with Gasteiger partial charge in [-0.1, -0.05) is 5.21 Å². The number of hydrogen-bond acceptors (Lipinski definition) is 3. The second-order valence-electron chi connectivity index (χ2n) is 8.44. The van der Waals surface area contributed by atoms with Crippen LogP contribution in [0.3, 0.4) is 0 Å². The van der Waals surface area contributed by atoms with Crippen LogP contribution in [0.4, 0.5) is 0 Å². The van der Waals surface area contributed by atoms with Crippen molar-refractivity contribution in [2.75, 3.05) is 0 Å². The molecule has 1 heterocycles. The molecule has 0 spiro atoms. The lowest BCUT2D eigenvalue weighted by Gasteiger charge is -2.56. The zero-order valence-corrected chi connectivity index (χ0v) is 12.7. The molecule has 4 saturated carbocycles. The third-order valence-electron chi connectivity index (χ3n) is 5.86. The highest BCUT2D eigenvalue weighted by Gasteiger charge is 2.51. The predicted octanol–water partition coefficient (Wildman–Crippen LogP) is 2.69. The molecule has 5 rings (SSSR count). The molecule has 0 amide bonds. The van der Waals surface area contributed by atoms with Gasteiger partial charge in [-0.15, -0.1) is 5.10 Å². The highest BCUT2D eigenvalue weighted by Crippen LogP contribution is 2.60. The summed E-state index contributed by atoms with van der Waals surface area (Å²) in [5.41, 5.74) is 7.14. The van der Waals surface area contributed by atoms with Gasteiger partial charge in [0.15, 0.2) is 0 Å². The van der Waals surface area contributed by atoms with Crippen molar-refractivity contribution in [2.24, 2.45) is 28.9 Å². The molecular formula is C16H26N4. The maximum atomic E-state index is 6.12. The molecule has 4 nitrogen and oxygen atoms in total. The maximum absolute atomic E-state index is 6.12. The Balaban J connectivity index is 1.55. The standard InChI is InChI=1S/C16H26N4/c1-15(2,17)14-9-20(19-18-14)10-16-6-11-3-12(7-16)5-13(4-11)8-16/h9,11-13H,3-8,10,17H2,1-2H3. The zero-order valence-electron chi connectivity index (χ0n) is 12.7. The van der Waals surface area contributed by atoms with Gasteiger partial charge in [-0.25, -0.2) is 0 Å². The average molecular weight is 274 g/mol. The fraction of sp³-hybridized carbons (Fsp3) is 0.875. The summed E-state index contributed by atoms with van der Waals surface area (Å²) in [5, 5.41) is 8.62. The number of hydrogen-bond donors (Lipinski definition) is 1. The average Bonchev–Trinajstić information content (AvgIpc) is 2.74. The van der Waals surface area contributed by atoms with E-state index in [0.717, 1.165) is 30.0 Å². The smallest absolute Gasteiger partial charge is 0.102 e. The Morgan fingerprint density at radius 3 is 2.20 bits per heavy atom. The lowest BCUT2D eigenvalue weighted by molar-refractivity contribution is -0.0637. The van der Waals surface area contributed by atoms with Crippen molar-refractivity contribution in [2.45, 2.75) is 64.5 Å². The zero-order chi connectivity index (χ0) is 14.0. The molecule has 4 aliphatic carbocycles. The fourth-order valence-electron chi connectivity index (χ4n) is 5.50. The molecule has 0 saturated heterocycles. The van der Waals surface area contributed by atoms with E-state index < -0.39 is 0 Å². The molecule has 2 N–H and O–H groups in total. The first-order valence-electron chi connectivity index (χ1n) is 8.11. The van der Waals surface area contributed by atoms with E-state index in [1.54, 1.807) is 0 Å². The van der Waals surface area contributed by atoms with Crippen molar-refractivity contribution < 1.29 is 0 Å². The molecule has 110 valence electrons. The van der Waals surface area contributed by atoms with E-state index in [1.807, 2.05) is 13.8 Å². The fourth-order valence-corrected chi connectivity index (χ4v) is 5.50. The predicted molar refractivity (Wildman–Crippen MR) is 77.8 cm³/mol. The normalized spacial score (nSPS) is 39.5. The Labute approximate surface area is 121 Å². The van der Waals surface area contributed by atoms with Crippen LogP contribution in [0.15, 0.2) is 6.20 Å². The summed E-state index contributed by atoms with van der Waals surface area (Å²) >= 11 is 0. The molecule has 4 aliphatic rings. The van der Waals surface area contributed by atoms with Crippen LogP contribution in [0, 0.1) is 23.2 Å². The van der Waals surface area contributed by atoms with Crippen molar-refractivity contribution >= 4 is 0 Å². The number of aromatic nitrogens is 3. The Kier molecular flexibility index (Phi) is 2.60. The first kappa shape index (κ1) is 12.8. The Bertz CT molecular complexity index is 476. The third kappa shape index (κ3) is 2.09. The minimum Gasteiger partial charge on any atom is -0.320 e. The van der Waals surface area contributed by atoms with Crippen LogP contribution in [0.25, 0.3) is 0 Å². The van der Waals surface area contributed by atoms with Crippen molar-refractivity contribution in [1.82, 2.24) is 15.0 Å². The monoisotopic (exact) mass is 274 g/mol. The van der Waals surface area contributed by atoms with E-state index in [4.69, 9.17) is 5.73 Å². The summed E-state index contributed by atoms with van der Waals surface area (Å²) < 4.78 is 2.07. The number of nitrogens with two attached hydrogens (primary N) is 1. The molecule has 1 aromatic rings. The Morgan fingerprint density at radius 1 is 1.20 bits per heavy atom. The Hall–Kier alpha value is -0.900. The molecule has 0 radical (unpaired) electrons. The topological polar surface area (TPSA) is 56.7 Å². The van der Waals surface area contributed by atoms with Crippen LogP contribution < -0.4 is 5.73 Å². The highest BCUT2D eigenvalue weighted by molar-refractivity contribution is 5.07. The van der Waals surface area contributed by atoms with Gasteiger partial charge in [0.25, 0.3) is 0 Å². The summed E-state index contributed by atoms with van der Waals surface area (Å²) in [6.07, 6.45) is 10.8. The van der Waals surface area contributed by atoms with Gasteiger partial charge in [0.1, 0.15) is 5.69 Å². The minimum atomic E-state index is -0.389. The largest absolute Gasteiger partial charge is 0.320 e. The Morgan fingerprint density at radius 2 is 1.75 bits per heavy atom. The third-order valence-corrected chi connectivity index (χ3v) is 5.86. The van der Waals surface area contributed by atoms with Gasteiger partial charge >= 0.3 is 0 Å². The molecule has 4 heteroatoms. The summed E-state index contributed by atoms with van der Waals surface area (Å²) in [6, 6.07) is 0. The van der Waals surface area contributed by atoms with Crippen LogP contribution >= 0.6 is 0 Å². The summed E-state index contributed by atoms with van der Waals surface area (Å²) in [5.74, 6) is 2.99. The van der Waals surface area contributed by atoms with Crippen molar-refractivity contribution in [3.05, 3.63) is 11.9 Å². The maximum Gasteiger partial charge on any atom is 0.102 e. The first-order valence-corrected chi connectivity index (χ1v) is 8.11. The van der Waals surface area contributed by atoms with E-state index in [1.165, 1.54) is 38.5 Å². The lowest BCUT2D eigenvalue weighted by Crippen LogP contribution is -2.48. The van der Waals surface area contributed by atoms with E-state index >= 15 is 0 Å². The van der Waals surface area contributed by atoms with Crippen molar-refractivity contribution in [3.8, 4) is 0 Å². The van der Waals surface area contributed by atoms with Gasteiger partial charge in [-0.2, -0.15) is 0 Å². The van der Waals surface area contributed by atoms with Gasteiger partial charge in [0.2, 0.25) is 0 Å². The SMILES string of the molecule is CC(C)(N)c1cn(CC23CC4CC(CC(C4)C2)C3)nn1. The van der Waals surface area contributed by atoms with Gasteiger partial charge in [0, 0.05) is 6.54 Å².